The molecule has 0 heterocycles. The molecule has 0 saturated heterocycles. The maximum absolute atomic E-state index is 9.26. The van der Waals surface area contributed by atoms with Gasteiger partial charge in [-0.15, -0.1) is 0 Å². The number of anilines is 1. The van der Waals surface area contributed by atoms with Crippen molar-refractivity contribution in [1.29, 1.82) is 0 Å². The molecule has 0 unspecified atom stereocenters. The van der Waals surface area contributed by atoms with E-state index in [2.05, 4.69) is 15.8 Å². The van der Waals surface area contributed by atoms with Crippen molar-refractivity contribution in [3.63, 3.8) is 0 Å². The number of ether oxygens (including phenoxy) is 1. The van der Waals surface area contributed by atoms with Crippen LogP contribution in [-0.2, 0) is 0 Å². The lowest BCUT2D eigenvalue weighted by Crippen LogP contribution is -2.24. The lowest BCUT2D eigenvalue weighted by Gasteiger charge is -2.09. The molecule has 0 radical (unpaired) electrons. The number of aromatic hydroxyl groups is 1. The van der Waals surface area contributed by atoms with Crippen LogP contribution in [0.2, 0.25) is 0 Å². The van der Waals surface area contributed by atoms with Gasteiger partial charge in [-0.1, -0.05) is 0 Å². The average molecular weight is 315 g/mol. The van der Waals surface area contributed by atoms with E-state index in [1.807, 2.05) is 31.2 Å². The van der Waals surface area contributed by atoms with Gasteiger partial charge in [0.15, 0.2) is 5.11 Å². The molecule has 2 rings (SSSR count). The Labute approximate surface area is 134 Å². The Morgan fingerprint density at radius 2 is 1.73 bits per heavy atom. The third-order valence-electron chi connectivity index (χ3n) is 2.96. The Balaban J connectivity index is 1.93. The van der Waals surface area contributed by atoms with Gasteiger partial charge in [-0.3, -0.25) is 5.43 Å². The highest BCUT2D eigenvalue weighted by Gasteiger charge is 2.00. The molecular formula is C16H17N3O2S. The second-order valence-corrected chi connectivity index (χ2v) is 4.95. The van der Waals surface area contributed by atoms with Gasteiger partial charge in [0.1, 0.15) is 11.5 Å². The first-order valence-electron chi connectivity index (χ1n) is 6.63. The lowest BCUT2D eigenvalue weighted by molar-refractivity contribution is 0.415. The molecule has 0 amide bonds. The number of methoxy groups -OCH3 is 1. The van der Waals surface area contributed by atoms with E-state index >= 15 is 0 Å². The van der Waals surface area contributed by atoms with Crippen LogP contribution in [0.15, 0.2) is 53.6 Å². The summed E-state index contributed by atoms with van der Waals surface area (Å²) in [4.78, 5) is 0. The molecule has 2 aromatic rings. The Kier molecular flexibility index (Phi) is 5.32. The van der Waals surface area contributed by atoms with Crippen molar-refractivity contribution in [3.05, 3.63) is 54.1 Å². The topological polar surface area (TPSA) is 65.9 Å². The highest BCUT2D eigenvalue weighted by molar-refractivity contribution is 7.80. The van der Waals surface area contributed by atoms with Gasteiger partial charge >= 0.3 is 0 Å². The quantitative estimate of drug-likeness (QED) is 0.459. The summed E-state index contributed by atoms with van der Waals surface area (Å²) in [5.74, 6) is 1.01. The van der Waals surface area contributed by atoms with E-state index in [-0.39, 0.29) is 5.75 Å². The summed E-state index contributed by atoms with van der Waals surface area (Å²) in [5, 5.41) is 16.9. The summed E-state index contributed by atoms with van der Waals surface area (Å²) in [6, 6.07) is 14.2. The predicted octanol–water partition coefficient (Wildman–Crippen LogP) is 3.11. The van der Waals surface area contributed by atoms with Gasteiger partial charge in [-0.25, -0.2) is 0 Å². The molecule has 0 aromatic heterocycles. The van der Waals surface area contributed by atoms with Crippen LogP contribution in [0.5, 0.6) is 11.5 Å². The van der Waals surface area contributed by atoms with Gasteiger partial charge in [-0.05, 0) is 73.2 Å². The largest absolute Gasteiger partial charge is 0.508 e. The second-order valence-electron chi connectivity index (χ2n) is 4.54. The van der Waals surface area contributed by atoms with Gasteiger partial charge in [0.2, 0.25) is 0 Å². The summed E-state index contributed by atoms with van der Waals surface area (Å²) >= 11 is 5.19. The summed E-state index contributed by atoms with van der Waals surface area (Å²) in [7, 11) is 1.62. The Bertz CT molecular complexity index is 667. The number of phenolic OH excluding ortho intramolecular Hbond substituents is 1. The molecule has 3 N–H and O–H groups in total. The fraction of sp³-hybridized carbons (Fsp3) is 0.125. The van der Waals surface area contributed by atoms with Gasteiger partial charge in [0.05, 0.1) is 12.8 Å². The standard InChI is InChI=1S/C16H17N3O2S/c1-11(12-3-7-14(20)8-4-12)18-19-16(22)17-13-5-9-15(21-2)10-6-13/h3-10,20H,1-2H3,(H2,17,19,22)/b18-11+. The fourth-order valence-electron chi connectivity index (χ4n) is 1.74. The minimum absolute atomic E-state index is 0.223. The molecular weight excluding hydrogens is 298 g/mol. The van der Waals surface area contributed by atoms with Crippen LogP contribution in [0.1, 0.15) is 12.5 Å². The molecule has 6 heteroatoms. The number of hydrazone groups is 1. The summed E-state index contributed by atoms with van der Waals surface area (Å²) < 4.78 is 5.09. The van der Waals surface area contributed by atoms with Crippen molar-refractivity contribution in [1.82, 2.24) is 5.43 Å². The molecule has 0 fully saturated rings. The van der Waals surface area contributed by atoms with E-state index in [4.69, 9.17) is 17.0 Å². The average Bonchev–Trinajstić information content (AvgIpc) is 2.54. The van der Waals surface area contributed by atoms with Crippen LogP contribution in [0.4, 0.5) is 5.69 Å². The number of nitrogens with one attached hydrogen (secondary N) is 2. The molecule has 5 nitrogen and oxygen atoms in total. The van der Waals surface area contributed by atoms with Crippen molar-refractivity contribution in [2.24, 2.45) is 5.10 Å². The highest BCUT2D eigenvalue weighted by Crippen LogP contribution is 2.14. The van der Waals surface area contributed by atoms with Gasteiger partial charge in [0.25, 0.3) is 0 Å². The second kappa shape index (κ2) is 7.42. The number of hydrogen-bond donors (Lipinski definition) is 3. The lowest BCUT2D eigenvalue weighted by atomic mass is 10.1. The molecule has 0 aliphatic carbocycles. The number of benzene rings is 2. The minimum Gasteiger partial charge on any atom is -0.508 e. The van der Waals surface area contributed by atoms with Crippen LogP contribution in [0.25, 0.3) is 0 Å². The predicted molar refractivity (Wildman–Crippen MR) is 92.7 cm³/mol. The molecule has 0 saturated carbocycles. The van der Waals surface area contributed by atoms with E-state index in [1.165, 1.54) is 0 Å². The fourth-order valence-corrected chi connectivity index (χ4v) is 1.90. The van der Waals surface area contributed by atoms with Crippen molar-refractivity contribution in [2.45, 2.75) is 6.92 Å². The van der Waals surface area contributed by atoms with Crippen LogP contribution in [-0.4, -0.2) is 23.0 Å². The zero-order valence-corrected chi connectivity index (χ0v) is 13.1. The SMILES string of the molecule is COc1ccc(NC(=S)N/N=C(\C)c2ccc(O)cc2)cc1. The molecule has 0 aliphatic rings. The van der Waals surface area contributed by atoms with E-state index < -0.39 is 0 Å². The molecule has 0 aliphatic heterocycles. The maximum atomic E-state index is 9.26. The van der Waals surface area contributed by atoms with E-state index in [9.17, 15) is 5.11 Å². The van der Waals surface area contributed by atoms with Crippen molar-refractivity contribution in [2.75, 3.05) is 12.4 Å². The first kappa shape index (κ1) is 15.8. The smallest absolute Gasteiger partial charge is 0.191 e. The van der Waals surface area contributed by atoms with Gasteiger partial charge < -0.3 is 15.2 Å². The molecule has 0 spiro atoms. The summed E-state index contributed by atoms with van der Waals surface area (Å²) in [6.07, 6.45) is 0. The number of nitrogens with zero attached hydrogens (tertiary/aromatic N) is 1. The van der Waals surface area contributed by atoms with Crippen molar-refractivity contribution < 1.29 is 9.84 Å². The first-order valence-corrected chi connectivity index (χ1v) is 7.04. The Hall–Kier alpha value is -2.60. The number of rotatable bonds is 4. The summed E-state index contributed by atoms with van der Waals surface area (Å²) in [6.45, 7) is 1.86. The molecule has 0 atom stereocenters. The van der Waals surface area contributed by atoms with Crippen LogP contribution in [0, 0.1) is 0 Å². The third kappa shape index (κ3) is 4.46. The Morgan fingerprint density at radius 3 is 2.32 bits per heavy atom. The molecule has 22 heavy (non-hydrogen) atoms. The monoisotopic (exact) mass is 315 g/mol. The number of thiocarbonyl (C=S) groups is 1. The number of hydrogen-bond acceptors (Lipinski definition) is 4. The first-order chi connectivity index (χ1) is 10.6. The highest BCUT2D eigenvalue weighted by atomic mass is 32.1. The maximum Gasteiger partial charge on any atom is 0.191 e. The van der Waals surface area contributed by atoms with Crippen LogP contribution in [0.3, 0.4) is 0 Å². The van der Waals surface area contributed by atoms with Crippen LogP contribution < -0.4 is 15.5 Å². The zero-order valence-electron chi connectivity index (χ0n) is 12.3. The van der Waals surface area contributed by atoms with E-state index in [0.29, 0.717) is 5.11 Å². The minimum atomic E-state index is 0.223. The Morgan fingerprint density at radius 1 is 1.09 bits per heavy atom. The zero-order chi connectivity index (χ0) is 15.9. The van der Waals surface area contributed by atoms with Gasteiger partial charge in [0, 0.05) is 5.69 Å². The third-order valence-corrected chi connectivity index (χ3v) is 3.15. The van der Waals surface area contributed by atoms with E-state index in [1.54, 1.807) is 31.4 Å². The normalized spacial score (nSPS) is 10.9. The van der Waals surface area contributed by atoms with Crippen LogP contribution >= 0.6 is 12.2 Å². The summed E-state index contributed by atoms with van der Waals surface area (Å²) in [5.41, 5.74) is 5.29. The van der Waals surface area contributed by atoms with Crippen molar-refractivity contribution in [3.8, 4) is 11.5 Å². The van der Waals surface area contributed by atoms with Crippen molar-refractivity contribution >= 4 is 28.7 Å². The number of phenols is 1. The molecule has 0 bridgehead atoms. The van der Waals surface area contributed by atoms with E-state index in [0.717, 1.165) is 22.7 Å². The molecule has 114 valence electrons. The molecule has 2 aromatic carbocycles. The van der Waals surface area contributed by atoms with Gasteiger partial charge in [-0.2, -0.15) is 5.10 Å².